The van der Waals surface area contributed by atoms with Gasteiger partial charge in [0.2, 0.25) is 0 Å². The lowest BCUT2D eigenvalue weighted by molar-refractivity contribution is -0.166. The number of halogens is 2. The number of nitrogens with two attached hydrogens (primary N) is 1. The highest BCUT2D eigenvalue weighted by Gasteiger charge is 2.40. The van der Waals surface area contributed by atoms with Crippen LogP contribution in [0.15, 0.2) is 18.2 Å². The molecule has 1 aromatic carbocycles. The van der Waals surface area contributed by atoms with Gasteiger partial charge in [0.1, 0.15) is 0 Å². The summed E-state index contributed by atoms with van der Waals surface area (Å²) in [5.41, 5.74) is 5.65. The standard InChI is InChI=1S/C9H9F2NO2/c1-5-4-6(2-3-7(5)12)9(10,11)8(13)14/h2-4H,12H2,1H3,(H,13,14). The van der Waals surface area contributed by atoms with Crippen LogP contribution in [0.4, 0.5) is 14.5 Å². The number of rotatable bonds is 2. The molecule has 0 aromatic heterocycles. The number of hydrogen-bond acceptors (Lipinski definition) is 2. The third kappa shape index (κ3) is 1.66. The van der Waals surface area contributed by atoms with Gasteiger partial charge in [-0.3, -0.25) is 0 Å². The molecule has 0 amide bonds. The molecule has 0 atom stereocenters. The summed E-state index contributed by atoms with van der Waals surface area (Å²) in [5.74, 6) is -6.03. The number of anilines is 1. The molecular weight excluding hydrogens is 192 g/mol. The molecule has 0 bridgehead atoms. The number of aliphatic carboxylic acids is 1. The van der Waals surface area contributed by atoms with Crippen LogP contribution in [0.25, 0.3) is 0 Å². The summed E-state index contributed by atoms with van der Waals surface area (Å²) in [4.78, 5) is 10.2. The lowest BCUT2D eigenvalue weighted by Gasteiger charge is -2.12. The van der Waals surface area contributed by atoms with Crippen LogP contribution in [0.3, 0.4) is 0 Å². The molecule has 0 saturated carbocycles. The lowest BCUT2D eigenvalue weighted by Crippen LogP contribution is -2.25. The largest absolute Gasteiger partial charge is 0.477 e. The maximum absolute atomic E-state index is 12.9. The first-order chi connectivity index (χ1) is 6.35. The molecule has 0 unspecified atom stereocenters. The van der Waals surface area contributed by atoms with Crippen LogP contribution in [0, 0.1) is 6.92 Å². The van der Waals surface area contributed by atoms with Crippen molar-refractivity contribution in [3.8, 4) is 0 Å². The highest BCUT2D eigenvalue weighted by molar-refractivity contribution is 5.77. The van der Waals surface area contributed by atoms with Gasteiger partial charge in [-0.25, -0.2) is 4.79 Å². The van der Waals surface area contributed by atoms with E-state index in [-0.39, 0.29) is 0 Å². The average Bonchev–Trinajstić information content (AvgIpc) is 2.09. The zero-order chi connectivity index (χ0) is 10.9. The van der Waals surface area contributed by atoms with Gasteiger partial charge < -0.3 is 10.8 Å². The second-order valence-corrected chi connectivity index (χ2v) is 2.95. The van der Waals surface area contributed by atoms with E-state index in [0.29, 0.717) is 11.3 Å². The van der Waals surface area contributed by atoms with Gasteiger partial charge in [0.15, 0.2) is 0 Å². The van der Waals surface area contributed by atoms with Crippen molar-refractivity contribution in [3.05, 3.63) is 29.3 Å². The lowest BCUT2D eigenvalue weighted by atomic mass is 10.0. The summed E-state index contributed by atoms with van der Waals surface area (Å²) in [7, 11) is 0. The predicted octanol–water partition coefficient (Wildman–Crippen LogP) is 1.75. The van der Waals surface area contributed by atoms with E-state index in [1.807, 2.05) is 0 Å². The third-order valence-electron chi connectivity index (χ3n) is 1.90. The molecule has 0 heterocycles. The second-order valence-electron chi connectivity index (χ2n) is 2.95. The van der Waals surface area contributed by atoms with Crippen molar-refractivity contribution in [2.75, 3.05) is 5.73 Å². The minimum atomic E-state index is -3.86. The number of benzene rings is 1. The number of aryl methyl sites for hydroxylation is 1. The molecule has 0 aliphatic heterocycles. The topological polar surface area (TPSA) is 63.3 Å². The van der Waals surface area contributed by atoms with E-state index < -0.39 is 17.5 Å². The quantitative estimate of drug-likeness (QED) is 0.716. The maximum atomic E-state index is 12.9. The Balaban J connectivity index is 3.21. The average molecular weight is 201 g/mol. The van der Waals surface area contributed by atoms with Crippen LogP contribution in [0.5, 0.6) is 0 Å². The number of nitrogen functional groups attached to an aromatic ring is 1. The zero-order valence-corrected chi connectivity index (χ0v) is 7.42. The van der Waals surface area contributed by atoms with Gasteiger partial charge in [-0.2, -0.15) is 8.78 Å². The van der Waals surface area contributed by atoms with Crippen molar-refractivity contribution in [3.63, 3.8) is 0 Å². The van der Waals surface area contributed by atoms with E-state index in [9.17, 15) is 13.6 Å². The Hall–Kier alpha value is -1.65. The first-order valence-electron chi connectivity index (χ1n) is 3.83. The molecule has 14 heavy (non-hydrogen) atoms. The van der Waals surface area contributed by atoms with Gasteiger partial charge in [-0.1, -0.05) is 6.07 Å². The van der Waals surface area contributed by atoms with Gasteiger partial charge in [0.05, 0.1) is 0 Å². The number of alkyl halides is 2. The van der Waals surface area contributed by atoms with Gasteiger partial charge >= 0.3 is 11.9 Å². The van der Waals surface area contributed by atoms with Crippen molar-refractivity contribution in [2.24, 2.45) is 0 Å². The highest BCUT2D eigenvalue weighted by atomic mass is 19.3. The van der Waals surface area contributed by atoms with Crippen molar-refractivity contribution in [2.45, 2.75) is 12.8 Å². The Morgan fingerprint density at radius 1 is 1.50 bits per heavy atom. The Morgan fingerprint density at radius 3 is 2.50 bits per heavy atom. The van der Waals surface area contributed by atoms with Gasteiger partial charge in [0, 0.05) is 11.3 Å². The van der Waals surface area contributed by atoms with E-state index >= 15 is 0 Å². The molecule has 0 aliphatic carbocycles. The summed E-state index contributed by atoms with van der Waals surface area (Å²) in [6, 6.07) is 3.35. The molecule has 3 nitrogen and oxygen atoms in total. The molecule has 5 heteroatoms. The molecule has 0 aliphatic rings. The zero-order valence-electron chi connectivity index (χ0n) is 7.42. The van der Waals surface area contributed by atoms with Crippen LogP contribution >= 0.6 is 0 Å². The molecule has 76 valence electrons. The molecular formula is C9H9F2NO2. The van der Waals surface area contributed by atoms with Crippen LogP contribution in [0.2, 0.25) is 0 Å². The number of carboxylic acids is 1. The van der Waals surface area contributed by atoms with Gasteiger partial charge in [-0.05, 0) is 24.6 Å². The van der Waals surface area contributed by atoms with Crippen molar-refractivity contribution < 1.29 is 18.7 Å². The number of hydrogen-bond donors (Lipinski definition) is 2. The molecule has 0 radical (unpaired) electrons. The van der Waals surface area contributed by atoms with E-state index in [1.165, 1.54) is 13.0 Å². The number of carboxylic acid groups (broad SMARTS) is 1. The van der Waals surface area contributed by atoms with E-state index in [0.717, 1.165) is 12.1 Å². The van der Waals surface area contributed by atoms with Crippen LogP contribution in [-0.4, -0.2) is 11.1 Å². The van der Waals surface area contributed by atoms with Crippen molar-refractivity contribution in [1.82, 2.24) is 0 Å². The Bertz CT molecular complexity index is 377. The fraction of sp³-hybridized carbons (Fsp3) is 0.222. The molecule has 1 aromatic rings. The molecule has 0 saturated heterocycles. The molecule has 0 spiro atoms. The third-order valence-corrected chi connectivity index (χ3v) is 1.90. The molecule has 0 fully saturated rings. The Labute approximate surface area is 79.2 Å². The SMILES string of the molecule is Cc1cc(C(F)(F)C(=O)O)ccc1N. The number of carbonyl (C=O) groups is 1. The summed E-state index contributed by atoms with van der Waals surface area (Å²) in [6.45, 7) is 1.54. The van der Waals surface area contributed by atoms with E-state index in [4.69, 9.17) is 10.8 Å². The fourth-order valence-electron chi connectivity index (χ4n) is 0.994. The summed E-state index contributed by atoms with van der Waals surface area (Å²) in [5, 5.41) is 8.27. The fourth-order valence-corrected chi connectivity index (χ4v) is 0.994. The van der Waals surface area contributed by atoms with Gasteiger partial charge in [-0.15, -0.1) is 0 Å². The second kappa shape index (κ2) is 3.25. The predicted molar refractivity (Wildman–Crippen MR) is 47.1 cm³/mol. The molecule has 1 rings (SSSR count). The minimum absolute atomic E-state index is 0.356. The van der Waals surface area contributed by atoms with Crippen molar-refractivity contribution >= 4 is 11.7 Å². The van der Waals surface area contributed by atoms with E-state index in [1.54, 1.807) is 0 Å². The minimum Gasteiger partial charge on any atom is -0.477 e. The van der Waals surface area contributed by atoms with E-state index in [2.05, 4.69) is 0 Å². The first-order valence-corrected chi connectivity index (χ1v) is 3.83. The van der Waals surface area contributed by atoms with Crippen molar-refractivity contribution in [1.29, 1.82) is 0 Å². The van der Waals surface area contributed by atoms with Crippen LogP contribution in [0.1, 0.15) is 11.1 Å². The van der Waals surface area contributed by atoms with Crippen LogP contribution in [-0.2, 0) is 10.7 Å². The first kappa shape index (κ1) is 10.4. The smallest absolute Gasteiger partial charge is 0.379 e. The summed E-state index contributed by atoms with van der Waals surface area (Å²) in [6.07, 6.45) is 0. The summed E-state index contributed by atoms with van der Waals surface area (Å²) >= 11 is 0. The Kier molecular flexibility index (Phi) is 2.42. The van der Waals surface area contributed by atoms with Crippen LogP contribution < -0.4 is 5.73 Å². The molecule has 3 N–H and O–H groups in total. The maximum Gasteiger partial charge on any atom is 0.379 e. The van der Waals surface area contributed by atoms with Gasteiger partial charge in [0.25, 0.3) is 0 Å². The highest BCUT2D eigenvalue weighted by Crippen LogP contribution is 2.29. The summed E-state index contributed by atoms with van der Waals surface area (Å²) < 4.78 is 25.9. The Morgan fingerprint density at radius 2 is 2.07 bits per heavy atom. The monoisotopic (exact) mass is 201 g/mol. The normalized spacial score (nSPS) is 11.4.